The number of hydrogen-bond acceptors (Lipinski definition) is 1. The Bertz CT molecular complexity index is 189. The highest BCUT2D eigenvalue weighted by atomic mass is 14.6. The largest absolute Gasteiger partial charge is 0.327 e. The highest BCUT2D eigenvalue weighted by molar-refractivity contribution is 5.11. The van der Waals surface area contributed by atoms with Crippen LogP contribution >= 0.6 is 0 Å². The molecule has 2 N–H and O–H groups in total. The minimum absolute atomic E-state index is 0.451. The molecule has 1 nitrogen and oxygen atoms in total. The summed E-state index contributed by atoms with van der Waals surface area (Å²) in [4.78, 5) is 0. The monoisotopic (exact) mass is 179 g/mol. The van der Waals surface area contributed by atoms with Crippen molar-refractivity contribution in [3.63, 3.8) is 0 Å². The lowest BCUT2D eigenvalue weighted by Gasteiger charge is -2.28. The summed E-state index contributed by atoms with van der Waals surface area (Å²) in [6, 6.07) is 0.451. The third-order valence-electron chi connectivity index (χ3n) is 3.62. The minimum atomic E-state index is 0.451. The summed E-state index contributed by atoms with van der Waals surface area (Å²) in [5, 5.41) is 0. The Morgan fingerprint density at radius 3 is 2.46 bits per heavy atom. The highest BCUT2D eigenvalue weighted by Gasteiger charge is 2.20. The number of hydrogen-bond donors (Lipinski definition) is 1. The lowest BCUT2D eigenvalue weighted by molar-refractivity contribution is 0.383. The highest BCUT2D eigenvalue weighted by Crippen LogP contribution is 2.34. The van der Waals surface area contributed by atoms with E-state index in [2.05, 4.69) is 6.08 Å². The van der Waals surface area contributed by atoms with Crippen LogP contribution in [0.3, 0.4) is 0 Å². The molecule has 2 aliphatic rings. The zero-order valence-corrected chi connectivity index (χ0v) is 8.47. The first-order valence-electron chi connectivity index (χ1n) is 5.81. The summed E-state index contributed by atoms with van der Waals surface area (Å²) in [5.41, 5.74) is 7.62. The molecule has 0 heterocycles. The van der Waals surface area contributed by atoms with Crippen LogP contribution in [0.2, 0.25) is 0 Å². The molecule has 0 aliphatic heterocycles. The molecule has 0 saturated heterocycles. The molecular weight excluding hydrogens is 158 g/mol. The van der Waals surface area contributed by atoms with E-state index in [1.807, 2.05) is 0 Å². The number of nitrogens with two attached hydrogens (primary N) is 1. The smallest absolute Gasteiger partial charge is 0.00765 e. The summed E-state index contributed by atoms with van der Waals surface area (Å²) in [6.07, 6.45) is 13.3. The van der Waals surface area contributed by atoms with Gasteiger partial charge in [-0.25, -0.2) is 0 Å². The maximum Gasteiger partial charge on any atom is 0.00765 e. The molecule has 0 bridgehead atoms. The third-order valence-corrected chi connectivity index (χ3v) is 3.62. The van der Waals surface area contributed by atoms with E-state index < -0.39 is 0 Å². The van der Waals surface area contributed by atoms with Crippen molar-refractivity contribution in [3.8, 4) is 0 Å². The van der Waals surface area contributed by atoms with Gasteiger partial charge < -0.3 is 5.73 Å². The van der Waals surface area contributed by atoms with E-state index in [1.165, 1.54) is 44.9 Å². The van der Waals surface area contributed by atoms with Gasteiger partial charge in [0.25, 0.3) is 0 Å². The second-order valence-corrected chi connectivity index (χ2v) is 4.65. The fraction of sp³-hybridized carbons (Fsp3) is 0.833. The van der Waals surface area contributed by atoms with Gasteiger partial charge in [0.1, 0.15) is 0 Å². The van der Waals surface area contributed by atoms with Crippen molar-refractivity contribution in [2.75, 3.05) is 0 Å². The maximum atomic E-state index is 5.88. The molecule has 74 valence electrons. The molecule has 0 aromatic carbocycles. The topological polar surface area (TPSA) is 26.0 Å². The quantitative estimate of drug-likeness (QED) is 0.615. The molecular formula is C12H21N. The van der Waals surface area contributed by atoms with Crippen molar-refractivity contribution in [1.29, 1.82) is 0 Å². The lowest BCUT2D eigenvalue weighted by Crippen LogP contribution is -2.24. The van der Waals surface area contributed by atoms with Gasteiger partial charge in [-0.2, -0.15) is 0 Å². The fourth-order valence-corrected chi connectivity index (χ4v) is 2.72. The number of allylic oxidation sites excluding steroid dienone is 1. The fourth-order valence-electron chi connectivity index (χ4n) is 2.72. The molecule has 1 heteroatoms. The van der Waals surface area contributed by atoms with Crippen LogP contribution < -0.4 is 5.73 Å². The van der Waals surface area contributed by atoms with E-state index in [1.54, 1.807) is 5.57 Å². The predicted molar refractivity (Wildman–Crippen MR) is 56.5 cm³/mol. The SMILES string of the molecule is NC1CC=C(C2CCCCC2)CC1. The second-order valence-electron chi connectivity index (χ2n) is 4.65. The van der Waals surface area contributed by atoms with Gasteiger partial charge in [0.2, 0.25) is 0 Å². The van der Waals surface area contributed by atoms with Crippen LogP contribution in [0.25, 0.3) is 0 Å². The lowest BCUT2D eigenvalue weighted by atomic mass is 9.79. The van der Waals surface area contributed by atoms with Gasteiger partial charge in [0.05, 0.1) is 0 Å². The number of rotatable bonds is 1. The molecule has 2 aliphatic carbocycles. The van der Waals surface area contributed by atoms with Crippen LogP contribution in [0.15, 0.2) is 11.6 Å². The van der Waals surface area contributed by atoms with Crippen molar-refractivity contribution in [2.45, 2.75) is 57.4 Å². The standard InChI is InChI=1S/C12H21N/c13-12-8-6-11(7-9-12)10-4-2-1-3-5-10/h6,10,12H,1-5,7-9,13H2. The third kappa shape index (κ3) is 2.34. The van der Waals surface area contributed by atoms with Gasteiger partial charge in [-0.15, -0.1) is 0 Å². The molecule has 0 radical (unpaired) electrons. The average Bonchev–Trinajstić information content (AvgIpc) is 2.20. The molecule has 1 atom stereocenters. The molecule has 0 spiro atoms. The average molecular weight is 179 g/mol. The molecule has 1 unspecified atom stereocenters. The zero-order valence-electron chi connectivity index (χ0n) is 8.47. The van der Waals surface area contributed by atoms with Crippen LogP contribution in [0.5, 0.6) is 0 Å². The Labute approximate surface area is 81.4 Å². The molecule has 0 amide bonds. The van der Waals surface area contributed by atoms with Crippen molar-refractivity contribution in [3.05, 3.63) is 11.6 Å². The van der Waals surface area contributed by atoms with Crippen LogP contribution in [0, 0.1) is 5.92 Å². The van der Waals surface area contributed by atoms with Gasteiger partial charge in [-0.05, 0) is 38.0 Å². The minimum Gasteiger partial charge on any atom is -0.327 e. The van der Waals surface area contributed by atoms with Gasteiger partial charge in [0.15, 0.2) is 0 Å². The first kappa shape index (κ1) is 9.26. The van der Waals surface area contributed by atoms with E-state index in [9.17, 15) is 0 Å². The van der Waals surface area contributed by atoms with Crippen molar-refractivity contribution < 1.29 is 0 Å². The van der Waals surface area contributed by atoms with Gasteiger partial charge in [0, 0.05) is 6.04 Å². The first-order valence-corrected chi connectivity index (χ1v) is 5.81. The van der Waals surface area contributed by atoms with Gasteiger partial charge >= 0.3 is 0 Å². The van der Waals surface area contributed by atoms with Crippen LogP contribution in [0.1, 0.15) is 51.4 Å². The predicted octanol–water partition coefficient (Wildman–Crippen LogP) is 3.00. The normalized spacial score (nSPS) is 31.5. The van der Waals surface area contributed by atoms with E-state index in [-0.39, 0.29) is 0 Å². The van der Waals surface area contributed by atoms with Crippen molar-refractivity contribution >= 4 is 0 Å². The van der Waals surface area contributed by atoms with Crippen LogP contribution in [-0.2, 0) is 0 Å². The Balaban J connectivity index is 1.92. The first-order chi connectivity index (χ1) is 6.36. The maximum absolute atomic E-state index is 5.88. The van der Waals surface area contributed by atoms with Crippen LogP contribution in [-0.4, -0.2) is 6.04 Å². The van der Waals surface area contributed by atoms with Gasteiger partial charge in [-0.3, -0.25) is 0 Å². The van der Waals surface area contributed by atoms with E-state index in [0.29, 0.717) is 6.04 Å². The summed E-state index contributed by atoms with van der Waals surface area (Å²) in [7, 11) is 0. The zero-order chi connectivity index (χ0) is 9.10. The van der Waals surface area contributed by atoms with Crippen molar-refractivity contribution in [2.24, 2.45) is 11.7 Å². The summed E-state index contributed by atoms with van der Waals surface area (Å²) in [5.74, 6) is 0.932. The van der Waals surface area contributed by atoms with Gasteiger partial charge in [-0.1, -0.05) is 30.9 Å². The van der Waals surface area contributed by atoms with Crippen molar-refractivity contribution in [1.82, 2.24) is 0 Å². The molecule has 1 fully saturated rings. The Morgan fingerprint density at radius 1 is 1.08 bits per heavy atom. The van der Waals surface area contributed by atoms with E-state index in [4.69, 9.17) is 5.73 Å². The van der Waals surface area contributed by atoms with E-state index in [0.717, 1.165) is 12.3 Å². The molecule has 13 heavy (non-hydrogen) atoms. The summed E-state index contributed by atoms with van der Waals surface area (Å²) >= 11 is 0. The molecule has 0 aromatic rings. The van der Waals surface area contributed by atoms with Crippen LogP contribution in [0.4, 0.5) is 0 Å². The Kier molecular flexibility index (Phi) is 3.05. The Morgan fingerprint density at radius 2 is 1.85 bits per heavy atom. The Hall–Kier alpha value is -0.300. The molecule has 1 saturated carbocycles. The van der Waals surface area contributed by atoms with E-state index >= 15 is 0 Å². The summed E-state index contributed by atoms with van der Waals surface area (Å²) < 4.78 is 0. The second kappa shape index (κ2) is 4.28. The summed E-state index contributed by atoms with van der Waals surface area (Å²) in [6.45, 7) is 0. The molecule has 2 rings (SSSR count). The molecule has 0 aromatic heterocycles.